The average molecular weight is 365 g/mol. The third kappa shape index (κ3) is 6.85. The Kier molecular flexibility index (Phi) is 7.94. The van der Waals surface area contributed by atoms with E-state index in [1.54, 1.807) is 0 Å². The van der Waals surface area contributed by atoms with Crippen LogP contribution >= 0.6 is 0 Å². The fourth-order valence-corrected chi connectivity index (χ4v) is 3.44. The lowest BCUT2D eigenvalue weighted by Gasteiger charge is -2.19. The van der Waals surface area contributed by atoms with E-state index in [9.17, 15) is 0 Å². The van der Waals surface area contributed by atoms with Crippen molar-refractivity contribution in [2.24, 2.45) is 0 Å². The summed E-state index contributed by atoms with van der Waals surface area (Å²) in [5.41, 5.74) is 2.34. The number of hydrogen-bond acceptors (Lipinski definition) is 3. The largest absolute Gasteiger partial charge is 0.493 e. The van der Waals surface area contributed by atoms with Gasteiger partial charge in [0.25, 0.3) is 0 Å². The summed E-state index contributed by atoms with van der Waals surface area (Å²) in [4.78, 5) is 5.03. The molecule has 0 amide bonds. The van der Waals surface area contributed by atoms with Gasteiger partial charge in [-0.3, -0.25) is 0 Å². The van der Waals surface area contributed by atoms with E-state index in [4.69, 9.17) is 4.74 Å². The number of nitrogens with zero attached hydrogens (tertiary/aromatic N) is 2. The van der Waals surface area contributed by atoms with Gasteiger partial charge < -0.3 is 14.5 Å². The minimum absolute atomic E-state index is 0.782. The quantitative estimate of drug-likeness (QED) is 0.501. The topological polar surface area (TPSA) is 15.7 Å². The molecule has 2 aromatic carbocycles. The van der Waals surface area contributed by atoms with Gasteiger partial charge in [0.05, 0.1) is 6.61 Å². The molecule has 0 aliphatic carbocycles. The van der Waals surface area contributed by atoms with Crippen LogP contribution in [0, 0.1) is 0 Å². The number of para-hydroxylation sites is 1. The summed E-state index contributed by atoms with van der Waals surface area (Å²) in [6.07, 6.45) is 7.86. The standard InChI is InChI=1S/C24H32N2O/c1-25-16-9-18-26(20-19-25)17-7-8-21-27-24-13-6-5-12-23(24)15-14-22-10-3-2-4-11-22/h2-6,10-15H,7-9,16-21H2,1H3/b15-14+. The number of ether oxygens (including phenoxy) is 1. The molecule has 3 nitrogen and oxygen atoms in total. The molecule has 3 rings (SSSR count). The number of benzene rings is 2. The summed E-state index contributed by atoms with van der Waals surface area (Å²) in [6.45, 7) is 6.82. The van der Waals surface area contributed by atoms with Crippen molar-refractivity contribution in [2.45, 2.75) is 19.3 Å². The first-order chi connectivity index (χ1) is 13.3. The van der Waals surface area contributed by atoms with Crippen LogP contribution in [0.25, 0.3) is 12.2 Å². The van der Waals surface area contributed by atoms with Gasteiger partial charge in [0, 0.05) is 18.7 Å². The monoisotopic (exact) mass is 364 g/mol. The molecule has 1 aliphatic rings. The maximum absolute atomic E-state index is 6.08. The third-order valence-corrected chi connectivity index (χ3v) is 5.11. The molecule has 144 valence electrons. The van der Waals surface area contributed by atoms with Gasteiger partial charge in [-0.2, -0.15) is 0 Å². The molecule has 0 N–H and O–H groups in total. The molecule has 0 saturated carbocycles. The molecule has 0 spiro atoms. The second kappa shape index (κ2) is 10.9. The lowest BCUT2D eigenvalue weighted by molar-refractivity contribution is 0.252. The highest BCUT2D eigenvalue weighted by molar-refractivity contribution is 5.72. The van der Waals surface area contributed by atoms with Crippen LogP contribution < -0.4 is 4.74 Å². The molecule has 0 bridgehead atoms. The normalized spacial score (nSPS) is 16.5. The van der Waals surface area contributed by atoms with E-state index in [-0.39, 0.29) is 0 Å². The van der Waals surface area contributed by atoms with Gasteiger partial charge in [-0.05, 0) is 57.6 Å². The Morgan fingerprint density at radius 3 is 2.56 bits per heavy atom. The van der Waals surface area contributed by atoms with E-state index in [0.717, 1.165) is 24.3 Å². The van der Waals surface area contributed by atoms with Crippen LogP contribution in [-0.4, -0.2) is 56.2 Å². The van der Waals surface area contributed by atoms with Crippen LogP contribution in [0.2, 0.25) is 0 Å². The highest BCUT2D eigenvalue weighted by Gasteiger charge is 2.11. The zero-order valence-corrected chi connectivity index (χ0v) is 16.5. The second-order valence-corrected chi connectivity index (χ2v) is 7.34. The van der Waals surface area contributed by atoms with Gasteiger partial charge in [-0.15, -0.1) is 0 Å². The van der Waals surface area contributed by atoms with Gasteiger partial charge >= 0.3 is 0 Å². The molecule has 0 aromatic heterocycles. The molecule has 0 atom stereocenters. The fourth-order valence-electron chi connectivity index (χ4n) is 3.44. The number of unbranched alkanes of at least 4 members (excludes halogenated alkanes) is 1. The Bertz CT molecular complexity index is 699. The first kappa shape index (κ1) is 19.7. The maximum atomic E-state index is 6.08. The van der Waals surface area contributed by atoms with Crippen molar-refractivity contribution in [1.82, 2.24) is 9.80 Å². The third-order valence-electron chi connectivity index (χ3n) is 5.11. The summed E-state index contributed by atoms with van der Waals surface area (Å²) in [5, 5.41) is 0. The van der Waals surface area contributed by atoms with Crippen LogP contribution in [0.15, 0.2) is 54.6 Å². The van der Waals surface area contributed by atoms with Gasteiger partial charge in [0.2, 0.25) is 0 Å². The van der Waals surface area contributed by atoms with Gasteiger partial charge in [-0.1, -0.05) is 60.7 Å². The molecule has 1 aliphatic heterocycles. The van der Waals surface area contributed by atoms with E-state index < -0.39 is 0 Å². The highest BCUT2D eigenvalue weighted by Crippen LogP contribution is 2.21. The summed E-state index contributed by atoms with van der Waals surface area (Å²) < 4.78 is 6.08. The van der Waals surface area contributed by atoms with Gasteiger partial charge in [0.1, 0.15) is 5.75 Å². The van der Waals surface area contributed by atoms with Crippen molar-refractivity contribution < 1.29 is 4.74 Å². The van der Waals surface area contributed by atoms with Crippen LogP contribution in [0.5, 0.6) is 5.75 Å². The van der Waals surface area contributed by atoms with E-state index in [1.165, 1.54) is 51.1 Å². The predicted octanol–water partition coefficient (Wildman–Crippen LogP) is 4.65. The molecule has 0 radical (unpaired) electrons. The Morgan fingerprint density at radius 1 is 0.852 bits per heavy atom. The molecule has 0 unspecified atom stereocenters. The summed E-state index contributed by atoms with van der Waals surface area (Å²) in [5.74, 6) is 0.973. The molecular formula is C24H32N2O. The zero-order valence-electron chi connectivity index (χ0n) is 16.5. The first-order valence-electron chi connectivity index (χ1n) is 10.2. The smallest absolute Gasteiger partial charge is 0.126 e. The molecule has 3 heteroatoms. The Balaban J connectivity index is 1.42. The predicted molar refractivity (Wildman–Crippen MR) is 115 cm³/mol. The Morgan fingerprint density at radius 2 is 1.67 bits per heavy atom. The lowest BCUT2D eigenvalue weighted by Crippen LogP contribution is -2.29. The second-order valence-electron chi connectivity index (χ2n) is 7.34. The number of likely N-dealkylation sites (N-methyl/N-ethyl adjacent to an activating group) is 1. The van der Waals surface area contributed by atoms with E-state index in [2.05, 4.69) is 71.5 Å². The van der Waals surface area contributed by atoms with Crippen LogP contribution in [0.4, 0.5) is 0 Å². The van der Waals surface area contributed by atoms with Crippen molar-refractivity contribution in [1.29, 1.82) is 0 Å². The van der Waals surface area contributed by atoms with Gasteiger partial charge in [-0.25, -0.2) is 0 Å². The zero-order chi connectivity index (χ0) is 18.7. The van der Waals surface area contributed by atoms with Crippen molar-refractivity contribution in [3.63, 3.8) is 0 Å². The first-order valence-corrected chi connectivity index (χ1v) is 10.2. The van der Waals surface area contributed by atoms with E-state index in [0.29, 0.717) is 0 Å². The molecule has 2 aromatic rings. The number of hydrogen-bond donors (Lipinski definition) is 0. The summed E-state index contributed by atoms with van der Waals surface area (Å²) in [6, 6.07) is 18.7. The van der Waals surface area contributed by atoms with Gasteiger partial charge in [0.15, 0.2) is 0 Å². The van der Waals surface area contributed by atoms with E-state index >= 15 is 0 Å². The average Bonchev–Trinajstić information content (AvgIpc) is 2.92. The van der Waals surface area contributed by atoms with Crippen molar-refractivity contribution in [3.05, 3.63) is 65.7 Å². The summed E-state index contributed by atoms with van der Waals surface area (Å²) in [7, 11) is 2.22. The molecule has 1 heterocycles. The van der Waals surface area contributed by atoms with E-state index in [1.807, 2.05) is 12.1 Å². The van der Waals surface area contributed by atoms with Crippen molar-refractivity contribution in [3.8, 4) is 5.75 Å². The Hall–Kier alpha value is -2.10. The Labute approximate surface area is 164 Å². The molecule has 27 heavy (non-hydrogen) atoms. The minimum atomic E-state index is 0.782. The van der Waals surface area contributed by atoms with Crippen LogP contribution in [0.1, 0.15) is 30.4 Å². The molecule has 1 fully saturated rings. The maximum Gasteiger partial charge on any atom is 0.126 e. The lowest BCUT2D eigenvalue weighted by atomic mass is 10.1. The highest BCUT2D eigenvalue weighted by atomic mass is 16.5. The van der Waals surface area contributed by atoms with Crippen LogP contribution in [-0.2, 0) is 0 Å². The fraction of sp³-hybridized carbons (Fsp3) is 0.417. The van der Waals surface area contributed by atoms with Crippen LogP contribution in [0.3, 0.4) is 0 Å². The minimum Gasteiger partial charge on any atom is -0.493 e. The molecule has 1 saturated heterocycles. The van der Waals surface area contributed by atoms with Crippen molar-refractivity contribution in [2.75, 3.05) is 46.4 Å². The number of rotatable bonds is 8. The summed E-state index contributed by atoms with van der Waals surface area (Å²) >= 11 is 0. The molecular weight excluding hydrogens is 332 g/mol. The van der Waals surface area contributed by atoms with Crippen molar-refractivity contribution >= 4 is 12.2 Å². The SMILES string of the molecule is CN1CCCN(CCCCOc2ccccc2/C=C/c2ccccc2)CC1.